The Kier molecular flexibility index (Phi) is 50.6. The molecule has 0 saturated carbocycles. The van der Waals surface area contributed by atoms with Crippen LogP contribution in [0.25, 0.3) is 0 Å². The molecule has 0 amide bonds. The van der Waals surface area contributed by atoms with Crippen LogP contribution in [0.4, 0.5) is 0 Å². The van der Waals surface area contributed by atoms with Crippen molar-refractivity contribution in [2.75, 3.05) is 13.2 Å². The van der Waals surface area contributed by atoms with Gasteiger partial charge in [-0.25, -0.2) is 0 Å². The maximum absolute atomic E-state index is 14.3. The molecule has 2 N–H and O–H groups in total. The van der Waals surface area contributed by atoms with E-state index in [0.717, 1.165) is 231 Å². The molecule has 2 rings (SSSR count). The average Bonchev–Trinajstić information content (AvgIpc) is 0.950. The summed E-state index contributed by atoms with van der Waals surface area (Å²) in [4.78, 5) is 83.3. The second-order valence-corrected chi connectivity index (χ2v) is 25.6. The molecule has 2 aliphatic heterocycles. The molecule has 17 nitrogen and oxygen atoms in total. The Morgan fingerprint density at radius 2 is 0.528 bits per heavy atom. The third-order valence-electron chi connectivity index (χ3n) is 17.3. The Labute approximate surface area is 539 Å². The number of aliphatic hydroxyl groups excluding tert-OH is 2. The predicted octanol–water partition coefficient (Wildman–Crippen LogP) is 16.8. The van der Waals surface area contributed by atoms with Crippen LogP contribution in [-0.2, 0) is 71.4 Å². The number of unbranched alkanes of at least 4 members (excludes halogenated alkanes) is 36. The van der Waals surface area contributed by atoms with Crippen molar-refractivity contribution in [3.05, 3.63) is 0 Å². The van der Waals surface area contributed by atoms with Crippen LogP contribution < -0.4 is 0 Å². The van der Waals surface area contributed by atoms with Gasteiger partial charge >= 0.3 is 35.8 Å². The molecule has 2 aliphatic rings. The number of esters is 6. The van der Waals surface area contributed by atoms with E-state index in [2.05, 4.69) is 41.5 Å². The van der Waals surface area contributed by atoms with Crippen molar-refractivity contribution in [2.24, 2.45) is 0 Å². The molecule has 0 aromatic carbocycles. The van der Waals surface area contributed by atoms with Crippen LogP contribution in [0.1, 0.15) is 350 Å². The van der Waals surface area contributed by atoms with Gasteiger partial charge in [-0.3, -0.25) is 28.8 Å². The Morgan fingerprint density at radius 1 is 0.281 bits per heavy atom. The van der Waals surface area contributed by atoms with Crippen LogP contribution in [0.5, 0.6) is 0 Å². The van der Waals surface area contributed by atoms with E-state index in [1.165, 1.54) is 0 Å². The van der Waals surface area contributed by atoms with Gasteiger partial charge in [-0.15, -0.1) is 0 Å². The highest BCUT2D eigenvalue weighted by molar-refractivity contribution is 5.72. The zero-order valence-corrected chi connectivity index (χ0v) is 57.1. The fourth-order valence-corrected chi connectivity index (χ4v) is 11.7. The lowest BCUT2D eigenvalue weighted by atomic mass is 9.96. The zero-order valence-electron chi connectivity index (χ0n) is 57.1. The molecule has 0 aromatic heterocycles. The molecule has 2 fully saturated rings. The van der Waals surface area contributed by atoms with Crippen molar-refractivity contribution in [1.29, 1.82) is 0 Å². The monoisotopic (exact) mass is 1270 g/mol. The lowest BCUT2D eigenvalue weighted by Gasteiger charge is -2.47. The van der Waals surface area contributed by atoms with Crippen molar-refractivity contribution in [3.8, 4) is 0 Å². The molecule has 0 spiro atoms. The molecule has 520 valence electrons. The molecule has 89 heavy (non-hydrogen) atoms. The second-order valence-electron chi connectivity index (χ2n) is 25.6. The van der Waals surface area contributed by atoms with Gasteiger partial charge in [0, 0.05) is 38.5 Å². The van der Waals surface area contributed by atoms with Gasteiger partial charge in [-0.2, -0.15) is 0 Å². The predicted molar refractivity (Wildman–Crippen MR) is 348 cm³/mol. The standard InChI is InChI=1S/C72H130O17/c1-7-13-19-25-31-37-43-49-59(73)81-55-57-66(65(79)68(71(80)83-57)86-62(76)52-46-40-34-28-22-16-10-4)89-72-70(88-64(78)54-48-42-36-30-24-18-12-6)69(87-63(77)53-47-41-35-29-23-17-11-5)67(85-61(75)51-45-39-33-27-21-15-9-3)58(84-72)56-82-60(74)50-44-38-32-26-20-14-8-2/h57-58,65-72,79-80H,7-56H2,1-6H3/t57-,58-,65+,66-,67-,68-,69+,70-,71-,72+/m1/s1. The fourth-order valence-electron chi connectivity index (χ4n) is 11.7. The summed E-state index contributed by atoms with van der Waals surface area (Å²) in [5.41, 5.74) is 0. The molecular formula is C72H130O17. The third-order valence-corrected chi connectivity index (χ3v) is 17.3. The van der Waals surface area contributed by atoms with E-state index in [0.29, 0.717) is 38.5 Å². The molecule has 0 aromatic rings. The van der Waals surface area contributed by atoms with Gasteiger partial charge < -0.3 is 52.8 Å². The number of ether oxygens (including phenoxy) is 9. The van der Waals surface area contributed by atoms with E-state index in [1.807, 2.05) is 0 Å². The van der Waals surface area contributed by atoms with Crippen molar-refractivity contribution in [1.82, 2.24) is 0 Å². The lowest BCUT2D eigenvalue weighted by molar-refractivity contribution is -0.357. The first-order chi connectivity index (χ1) is 43.3. The van der Waals surface area contributed by atoms with Crippen LogP contribution in [0, 0.1) is 0 Å². The molecule has 0 unspecified atom stereocenters. The summed E-state index contributed by atoms with van der Waals surface area (Å²) in [5.74, 6) is -3.67. The van der Waals surface area contributed by atoms with Crippen LogP contribution in [-0.4, -0.2) is 121 Å². The van der Waals surface area contributed by atoms with Gasteiger partial charge in [0.2, 0.25) is 0 Å². The number of hydrogen-bond donors (Lipinski definition) is 2. The molecular weight excluding hydrogens is 1140 g/mol. The van der Waals surface area contributed by atoms with E-state index in [4.69, 9.17) is 42.6 Å². The summed E-state index contributed by atoms with van der Waals surface area (Å²) in [6.45, 7) is 11.9. The molecule has 0 radical (unpaired) electrons. The van der Waals surface area contributed by atoms with Gasteiger partial charge in [-0.05, 0) is 38.5 Å². The fraction of sp³-hybridized carbons (Fsp3) is 0.917. The highest BCUT2D eigenvalue weighted by Gasteiger charge is 2.56. The SMILES string of the molecule is CCCCCCCCCC(=O)OC[C@H]1O[C@@H](O)[C@H](OC(=O)CCCCCCCCC)[C@@H](O)[C@@H]1O[C@@H]1O[C@H](COC(=O)CCCCCCCCC)[C@@H](OC(=O)CCCCCCCCC)[C@H](OC(=O)CCCCCCCCC)[C@H]1OC(=O)CCCCCCCCC. The normalized spacial score (nSPS) is 21.7. The summed E-state index contributed by atoms with van der Waals surface area (Å²) in [6, 6.07) is 0. The summed E-state index contributed by atoms with van der Waals surface area (Å²) in [6.07, 6.45) is 24.0. The molecule has 2 saturated heterocycles. The van der Waals surface area contributed by atoms with Crippen molar-refractivity contribution in [2.45, 2.75) is 411 Å². The quantitative estimate of drug-likeness (QED) is 0.0328. The Balaban J connectivity index is 2.74. The van der Waals surface area contributed by atoms with Crippen LogP contribution >= 0.6 is 0 Å². The maximum Gasteiger partial charge on any atom is 0.306 e. The number of carbonyl (C=O) groups excluding carboxylic acids is 6. The topological polar surface area (TPSA) is 226 Å². The molecule has 0 aliphatic carbocycles. The lowest BCUT2D eigenvalue weighted by Crippen LogP contribution is -2.66. The van der Waals surface area contributed by atoms with Gasteiger partial charge in [0.05, 0.1) is 0 Å². The average molecular weight is 1270 g/mol. The molecule has 10 atom stereocenters. The minimum atomic E-state index is -1.89. The van der Waals surface area contributed by atoms with Crippen molar-refractivity contribution < 1.29 is 81.6 Å². The summed E-state index contributed by atoms with van der Waals surface area (Å²) >= 11 is 0. The number of rotatable bonds is 58. The first-order valence-electron chi connectivity index (χ1n) is 36.7. The van der Waals surface area contributed by atoms with Gasteiger partial charge in [0.25, 0.3) is 0 Å². The van der Waals surface area contributed by atoms with Crippen molar-refractivity contribution >= 4 is 35.8 Å². The van der Waals surface area contributed by atoms with Gasteiger partial charge in [-0.1, -0.05) is 273 Å². The van der Waals surface area contributed by atoms with E-state index in [-0.39, 0.29) is 38.5 Å². The Hall–Kier alpha value is -3.38. The second kappa shape index (κ2) is 55.1. The van der Waals surface area contributed by atoms with Crippen LogP contribution in [0.15, 0.2) is 0 Å². The number of carbonyl (C=O) groups is 6. The van der Waals surface area contributed by atoms with Crippen molar-refractivity contribution in [3.63, 3.8) is 0 Å². The summed E-state index contributed by atoms with van der Waals surface area (Å²) in [7, 11) is 0. The molecule has 0 bridgehead atoms. The van der Waals surface area contributed by atoms with E-state index in [9.17, 15) is 39.0 Å². The summed E-state index contributed by atoms with van der Waals surface area (Å²) < 4.78 is 56.2. The minimum Gasteiger partial charge on any atom is -0.463 e. The third kappa shape index (κ3) is 39.7. The minimum absolute atomic E-state index is 0.00256. The smallest absolute Gasteiger partial charge is 0.306 e. The first-order valence-corrected chi connectivity index (χ1v) is 36.7. The van der Waals surface area contributed by atoms with Crippen LogP contribution in [0.2, 0.25) is 0 Å². The van der Waals surface area contributed by atoms with E-state index < -0.39 is 110 Å². The van der Waals surface area contributed by atoms with Gasteiger partial charge in [0.15, 0.2) is 37.0 Å². The Bertz CT molecular complexity index is 1780. The summed E-state index contributed by atoms with van der Waals surface area (Å²) in [5, 5.41) is 24.0. The zero-order chi connectivity index (χ0) is 65.0. The highest BCUT2D eigenvalue weighted by Crippen LogP contribution is 2.35. The van der Waals surface area contributed by atoms with Gasteiger partial charge in [0.1, 0.15) is 37.6 Å². The molecule has 2 heterocycles. The number of hydrogen-bond acceptors (Lipinski definition) is 17. The maximum atomic E-state index is 14.3. The van der Waals surface area contributed by atoms with Crippen LogP contribution in [0.3, 0.4) is 0 Å². The van der Waals surface area contributed by atoms with E-state index in [1.54, 1.807) is 0 Å². The highest BCUT2D eigenvalue weighted by atomic mass is 16.8. The molecule has 17 heteroatoms. The number of aliphatic hydroxyl groups is 2. The Morgan fingerprint density at radius 3 is 0.843 bits per heavy atom. The van der Waals surface area contributed by atoms with E-state index >= 15 is 0 Å². The largest absolute Gasteiger partial charge is 0.463 e. The first kappa shape index (κ1) is 81.7.